The Morgan fingerprint density at radius 1 is 0.957 bits per heavy atom. The molecule has 3 rings (SSSR count). The van der Waals surface area contributed by atoms with E-state index in [2.05, 4.69) is 15.3 Å². The lowest BCUT2D eigenvalue weighted by Crippen LogP contribution is -2.31. The number of hydrogen-bond acceptors (Lipinski definition) is 4. The number of carbonyl (C=O) groups excluding carboxylic acids is 1. The van der Waals surface area contributed by atoms with Crippen molar-refractivity contribution in [1.29, 1.82) is 0 Å². The first kappa shape index (κ1) is 14.5. The zero-order valence-corrected chi connectivity index (χ0v) is 12.3. The normalized spacial score (nSPS) is 10.1. The van der Waals surface area contributed by atoms with Crippen molar-refractivity contribution in [2.75, 3.05) is 16.0 Å². The van der Waals surface area contributed by atoms with Crippen LogP contribution in [0.15, 0.2) is 73.2 Å². The van der Waals surface area contributed by atoms with Gasteiger partial charge in [-0.25, -0.2) is 9.78 Å². The van der Waals surface area contributed by atoms with Gasteiger partial charge in [0.25, 0.3) is 0 Å². The van der Waals surface area contributed by atoms with E-state index in [4.69, 9.17) is 5.73 Å². The number of nitrogens with two attached hydrogens (primary N) is 1. The van der Waals surface area contributed by atoms with Crippen LogP contribution in [0.1, 0.15) is 0 Å². The van der Waals surface area contributed by atoms with Crippen LogP contribution < -0.4 is 16.0 Å². The molecule has 6 heteroatoms. The van der Waals surface area contributed by atoms with Crippen molar-refractivity contribution < 1.29 is 4.79 Å². The van der Waals surface area contributed by atoms with Gasteiger partial charge in [-0.15, -0.1) is 0 Å². The molecule has 2 amide bonds. The fourth-order valence-electron chi connectivity index (χ4n) is 2.11. The van der Waals surface area contributed by atoms with Crippen molar-refractivity contribution in [3.63, 3.8) is 0 Å². The summed E-state index contributed by atoms with van der Waals surface area (Å²) in [6, 6.07) is 16.1. The van der Waals surface area contributed by atoms with Crippen LogP contribution in [0.3, 0.4) is 0 Å². The van der Waals surface area contributed by atoms with Crippen LogP contribution in [-0.4, -0.2) is 16.0 Å². The Hall–Kier alpha value is -3.41. The van der Waals surface area contributed by atoms with Gasteiger partial charge in [-0.2, -0.15) is 0 Å². The van der Waals surface area contributed by atoms with Crippen LogP contribution in [0.2, 0.25) is 0 Å². The predicted molar refractivity (Wildman–Crippen MR) is 90.5 cm³/mol. The number of anilines is 4. The molecule has 0 fully saturated rings. The summed E-state index contributed by atoms with van der Waals surface area (Å²) in [6.07, 6.45) is 4.56. The average Bonchev–Trinajstić information content (AvgIpc) is 2.59. The second-order valence-corrected chi connectivity index (χ2v) is 4.78. The maximum Gasteiger partial charge on any atom is 0.332 e. The number of nitrogen functional groups attached to an aromatic ring is 1. The smallest absolute Gasteiger partial charge is 0.332 e. The Morgan fingerprint density at radius 3 is 2.30 bits per heavy atom. The molecule has 1 heterocycles. The van der Waals surface area contributed by atoms with Gasteiger partial charge in [-0.3, -0.25) is 15.2 Å². The molecule has 0 saturated carbocycles. The summed E-state index contributed by atoms with van der Waals surface area (Å²) < 4.78 is 0. The lowest BCUT2D eigenvalue weighted by molar-refractivity contribution is 0.259. The van der Waals surface area contributed by atoms with Crippen LogP contribution in [-0.2, 0) is 0 Å². The van der Waals surface area contributed by atoms with E-state index in [9.17, 15) is 4.79 Å². The second kappa shape index (κ2) is 6.57. The molecule has 0 atom stereocenters. The van der Waals surface area contributed by atoms with Crippen molar-refractivity contribution in [1.82, 2.24) is 9.97 Å². The molecule has 1 aromatic heterocycles. The second-order valence-electron chi connectivity index (χ2n) is 4.78. The number of rotatable bonds is 3. The van der Waals surface area contributed by atoms with Gasteiger partial charge in [0, 0.05) is 18.1 Å². The Bertz CT molecular complexity index is 775. The predicted octanol–water partition coefficient (Wildman–Crippen LogP) is 3.43. The van der Waals surface area contributed by atoms with Gasteiger partial charge in [0.15, 0.2) is 5.82 Å². The van der Waals surface area contributed by atoms with E-state index in [1.165, 1.54) is 12.4 Å². The van der Waals surface area contributed by atoms with Crippen LogP contribution in [0.5, 0.6) is 0 Å². The van der Waals surface area contributed by atoms with Crippen molar-refractivity contribution in [2.45, 2.75) is 0 Å². The molecule has 3 aromatic rings. The third-order valence-electron chi connectivity index (χ3n) is 3.17. The standard InChI is InChI=1S/C17H15N5O/c18-13-6-8-15(9-7-13)22(14-4-2-1-3-5-14)17(23)21-16-12-19-10-11-20-16/h1-12H,18H2,(H,20,21,23). The van der Waals surface area contributed by atoms with Crippen LogP contribution in [0, 0.1) is 0 Å². The zero-order chi connectivity index (χ0) is 16.1. The Kier molecular flexibility index (Phi) is 4.15. The van der Waals surface area contributed by atoms with Gasteiger partial charge >= 0.3 is 6.03 Å². The molecule has 0 radical (unpaired) electrons. The van der Waals surface area contributed by atoms with E-state index in [1.807, 2.05) is 30.3 Å². The number of carbonyl (C=O) groups is 1. The molecule has 0 aliphatic carbocycles. The number of urea groups is 1. The molecule has 0 aliphatic rings. The first-order chi connectivity index (χ1) is 11.2. The van der Waals surface area contributed by atoms with Crippen molar-refractivity contribution in [2.24, 2.45) is 0 Å². The van der Waals surface area contributed by atoms with E-state index in [0.29, 0.717) is 17.2 Å². The van der Waals surface area contributed by atoms with Gasteiger partial charge < -0.3 is 5.73 Å². The van der Waals surface area contributed by atoms with Crippen LogP contribution in [0.4, 0.5) is 27.7 Å². The minimum atomic E-state index is -0.332. The summed E-state index contributed by atoms with van der Waals surface area (Å²) in [5, 5.41) is 2.74. The molecule has 3 N–H and O–H groups in total. The average molecular weight is 305 g/mol. The fourth-order valence-corrected chi connectivity index (χ4v) is 2.11. The molecule has 0 spiro atoms. The van der Waals surface area contributed by atoms with Crippen molar-refractivity contribution >= 4 is 28.9 Å². The molecule has 0 saturated heterocycles. The van der Waals surface area contributed by atoms with E-state index in [-0.39, 0.29) is 6.03 Å². The highest BCUT2D eigenvalue weighted by Crippen LogP contribution is 2.26. The molecular weight excluding hydrogens is 290 g/mol. The van der Waals surface area contributed by atoms with E-state index in [1.54, 1.807) is 35.4 Å². The quantitative estimate of drug-likeness (QED) is 0.726. The third kappa shape index (κ3) is 3.44. The molecule has 0 unspecified atom stereocenters. The monoisotopic (exact) mass is 305 g/mol. The summed E-state index contributed by atoms with van der Waals surface area (Å²) in [5.41, 5.74) is 7.80. The Morgan fingerprint density at radius 2 is 1.65 bits per heavy atom. The summed E-state index contributed by atoms with van der Waals surface area (Å²) in [7, 11) is 0. The number of para-hydroxylation sites is 1. The first-order valence-corrected chi connectivity index (χ1v) is 7.02. The maximum absolute atomic E-state index is 12.7. The van der Waals surface area contributed by atoms with Crippen molar-refractivity contribution in [3.05, 3.63) is 73.2 Å². The third-order valence-corrected chi connectivity index (χ3v) is 3.17. The lowest BCUT2D eigenvalue weighted by Gasteiger charge is -2.23. The summed E-state index contributed by atoms with van der Waals surface area (Å²) in [6.45, 7) is 0. The molecule has 6 nitrogen and oxygen atoms in total. The fraction of sp³-hybridized carbons (Fsp3) is 0. The van der Waals surface area contributed by atoms with Gasteiger partial charge in [0.05, 0.1) is 17.6 Å². The summed E-state index contributed by atoms with van der Waals surface area (Å²) in [5.74, 6) is 0.383. The number of nitrogens with zero attached hydrogens (tertiary/aromatic N) is 3. The largest absolute Gasteiger partial charge is 0.399 e. The van der Waals surface area contributed by atoms with E-state index >= 15 is 0 Å². The Labute approximate surface area is 133 Å². The minimum Gasteiger partial charge on any atom is -0.399 e. The number of hydrogen-bond donors (Lipinski definition) is 2. The molecule has 23 heavy (non-hydrogen) atoms. The van der Waals surface area contributed by atoms with E-state index in [0.717, 1.165) is 5.69 Å². The topological polar surface area (TPSA) is 84.1 Å². The number of aromatic nitrogens is 2. The first-order valence-electron chi connectivity index (χ1n) is 7.02. The van der Waals surface area contributed by atoms with Gasteiger partial charge in [0.2, 0.25) is 0 Å². The number of nitrogens with one attached hydrogen (secondary N) is 1. The lowest BCUT2D eigenvalue weighted by atomic mass is 10.2. The maximum atomic E-state index is 12.7. The van der Waals surface area contributed by atoms with E-state index < -0.39 is 0 Å². The van der Waals surface area contributed by atoms with Crippen molar-refractivity contribution in [3.8, 4) is 0 Å². The molecule has 2 aromatic carbocycles. The molecule has 0 aliphatic heterocycles. The minimum absolute atomic E-state index is 0.332. The van der Waals surface area contributed by atoms with Crippen LogP contribution in [0.25, 0.3) is 0 Å². The molecule has 114 valence electrons. The highest BCUT2D eigenvalue weighted by Gasteiger charge is 2.18. The molecule has 0 bridgehead atoms. The highest BCUT2D eigenvalue weighted by atomic mass is 16.2. The number of amides is 2. The van der Waals surface area contributed by atoms with Gasteiger partial charge in [-0.05, 0) is 36.4 Å². The highest BCUT2D eigenvalue weighted by molar-refractivity contribution is 6.06. The zero-order valence-electron chi connectivity index (χ0n) is 12.3. The summed E-state index contributed by atoms with van der Waals surface area (Å²) in [4.78, 5) is 22.3. The van der Waals surface area contributed by atoms with Gasteiger partial charge in [-0.1, -0.05) is 18.2 Å². The molecular formula is C17H15N5O. The number of benzene rings is 2. The van der Waals surface area contributed by atoms with Crippen LogP contribution >= 0.6 is 0 Å². The Balaban J connectivity index is 1.95. The van der Waals surface area contributed by atoms with Gasteiger partial charge in [0.1, 0.15) is 0 Å². The SMILES string of the molecule is Nc1ccc(N(C(=O)Nc2cnccn2)c2ccccc2)cc1. The summed E-state index contributed by atoms with van der Waals surface area (Å²) >= 11 is 0.